The summed E-state index contributed by atoms with van der Waals surface area (Å²) < 4.78 is 16.2. The Balaban J connectivity index is 2.01. The van der Waals surface area contributed by atoms with Gasteiger partial charge in [-0.3, -0.25) is 0 Å². The molecule has 0 fully saturated rings. The van der Waals surface area contributed by atoms with Crippen molar-refractivity contribution in [1.82, 2.24) is 4.98 Å². The molecule has 0 amide bonds. The minimum atomic E-state index is -0.323. The smallest absolute Gasteiger partial charge is 0.338 e. The predicted octanol–water partition coefficient (Wildman–Crippen LogP) is 5.27. The van der Waals surface area contributed by atoms with Crippen LogP contribution in [-0.2, 0) is 4.74 Å². The number of benzene rings is 2. The number of unbranched alkanes of at least 4 members (excludes halogenated alkanes) is 2. The van der Waals surface area contributed by atoms with Crippen LogP contribution in [0.2, 0.25) is 0 Å². The van der Waals surface area contributed by atoms with Crippen molar-refractivity contribution in [1.29, 1.82) is 0 Å². The van der Waals surface area contributed by atoms with E-state index in [9.17, 15) is 4.79 Å². The van der Waals surface area contributed by atoms with Crippen molar-refractivity contribution in [3.63, 3.8) is 0 Å². The average molecular weight is 379 g/mol. The van der Waals surface area contributed by atoms with Crippen molar-refractivity contribution in [2.24, 2.45) is 0 Å². The Morgan fingerprint density at radius 1 is 0.964 bits per heavy atom. The van der Waals surface area contributed by atoms with E-state index < -0.39 is 0 Å². The molecule has 0 atom stereocenters. The number of carbonyl (C=O) groups excluding carboxylic acids is 1. The summed E-state index contributed by atoms with van der Waals surface area (Å²) in [5, 5.41) is 0.784. The topological polar surface area (TPSA) is 57.7 Å². The average Bonchev–Trinajstić information content (AvgIpc) is 2.75. The molecule has 0 saturated heterocycles. The van der Waals surface area contributed by atoms with Crippen molar-refractivity contribution in [2.75, 3.05) is 20.8 Å². The van der Waals surface area contributed by atoms with Crippen molar-refractivity contribution >= 4 is 16.9 Å². The molecule has 5 heteroatoms. The highest BCUT2D eigenvalue weighted by Crippen LogP contribution is 2.33. The summed E-state index contributed by atoms with van der Waals surface area (Å²) >= 11 is 0. The lowest BCUT2D eigenvalue weighted by molar-refractivity contribution is 0.0500. The number of rotatable bonds is 8. The molecule has 2 aromatic carbocycles. The first-order valence-corrected chi connectivity index (χ1v) is 9.47. The lowest BCUT2D eigenvalue weighted by Gasteiger charge is -2.12. The van der Waals surface area contributed by atoms with Crippen LogP contribution in [0.25, 0.3) is 22.2 Å². The molecule has 0 aliphatic heterocycles. The zero-order valence-electron chi connectivity index (χ0n) is 16.5. The zero-order valence-corrected chi connectivity index (χ0v) is 16.5. The van der Waals surface area contributed by atoms with Crippen LogP contribution < -0.4 is 9.47 Å². The van der Waals surface area contributed by atoms with Gasteiger partial charge in [-0.1, -0.05) is 38.0 Å². The second-order valence-corrected chi connectivity index (χ2v) is 6.48. The molecule has 3 rings (SSSR count). The molecule has 146 valence electrons. The first-order chi connectivity index (χ1) is 13.7. The van der Waals surface area contributed by atoms with Gasteiger partial charge in [-0.15, -0.1) is 0 Å². The highest BCUT2D eigenvalue weighted by Gasteiger charge is 2.16. The number of ether oxygens (including phenoxy) is 3. The van der Waals surface area contributed by atoms with E-state index >= 15 is 0 Å². The van der Waals surface area contributed by atoms with Crippen molar-refractivity contribution in [3.8, 4) is 22.8 Å². The highest BCUT2D eigenvalue weighted by atomic mass is 16.5. The lowest BCUT2D eigenvalue weighted by atomic mass is 10.0. The number of carbonyl (C=O) groups is 1. The first-order valence-electron chi connectivity index (χ1n) is 9.47. The molecule has 1 aromatic heterocycles. The summed E-state index contributed by atoms with van der Waals surface area (Å²) in [6.45, 7) is 2.54. The largest absolute Gasteiger partial charge is 0.493 e. The van der Waals surface area contributed by atoms with Gasteiger partial charge < -0.3 is 14.2 Å². The van der Waals surface area contributed by atoms with Crippen molar-refractivity contribution in [2.45, 2.75) is 26.2 Å². The third kappa shape index (κ3) is 4.25. The fourth-order valence-corrected chi connectivity index (χ4v) is 3.08. The molecule has 0 radical (unpaired) electrons. The van der Waals surface area contributed by atoms with Gasteiger partial charge in [0.1, 0.15) is 0 Å². The van der Waals surface area contributed by atoms with Crippen molar-refractivity contribution < 1.29 is 19.0 Å². The number of hydrogen-bond acceptors (Lipinski definition) is 5. The number of fused-ring (bicyclic) bond motifs is 1. The van der Waals surface area contributed by atoms with Gasteiger partial charge in [-0.2, -0.15) is 0 Å². The number of nitrogens with zero attached hydrogens (tertiary/aromatic N) is 1. The maximum atomic E-state index is 12.7. The fraction of sp³-hybridized carbons (Fsp3) is 0.304. The second-order valence-electron chi connectivity index (χ2n) is 6.48. The normalized spacial score (nSPS) is 10.7. The maximum Gasteiger partial charge on any atom is 0.338 e. The third-order valence-corrected chi connectivity index (χ3v) is 4.60. The number of methoxy groups -OCH3 is 2. The number of pyridine rings is 1. The molecule has 0 saturated carbocycles. The minimum absolute atomic E-state index is 0.323. The minimum Gasteiger partial charge on any atom is -0.493 e. The van der Waals surface area contributed by atoms with E-state index in [1.165, 1.54) is 0 Å². The van der Waals surface area contributed by atoms with Crippen LogP contribution in [0.5, 0.6) is 11.5 Å². The summed E-state index contributed by atoms with van der Waals surface area (Å²) in [7, 11) is 3.19. The number of aromatic nitrogens is 1. The van der Waals surface area contributed by atoms with E-state index in [4.69, 9.17) is 19.2 Å². The molecule has 0 aliphatic rings. The van der Waals surface area contributed by atoms with Gasteiger partial charge in [-0.05, 0) is 36.8 Å². The van der Waals surface area contributed by atoms with E-state index in [0.717, 1.165) is 35.7 Å². The second kappa shape index (κ2) is 9.22. The van der Waals surface area contributed by atoms with Gasteiger partial charge in [-0.25, -0.2) is 9.78 Å². The Morgan fingerprint density at radius 2 is 1.75 bits per heavy atom. The molecule has 28 heavy (non-hydrogen) atoms. The molecule has 5 nitrogen and oxygen atoms in total. The Morgan fingerprint density at radius 3 is 2.50 bits per heavy atom. The van der Waals surface area contributed by atoms with Gasteiger partial charge in [0.25, 0.3) is 0 Å². The quantitative estimate of drug-likeness (QED) is 0.394. The van der Waals surface area contributed by atoms with E-state index in [1.54, 1.807) is 20.3 Å². The number of esters is 1. The third-order valence-electron chi connectivity index (χ3n) is 4.60. The summed E-state index contributed by atoms with van der Waals surface area (Å²) in [6.07, 6.45) is 2.99. The highest BCUT2D eigenvalue weighted by molar-refractivity contribution is 6.04. The van der Waals surface area contributed by atoms with Gasteiger partial charge >= 0.3 is 5.97 Å². The monoisotopic (exact) mass is 379 g/mol. The van der Waals surface area contributed by atoms with Crippen LogP contribution in [0, 0.1) is 0 Å². The Hall–Kier alpha value is -3.08. The Kier molecular flexibility index (Phi) is 6.48. The van der Waals surface area contributed by atoms with Gasteiger partial charge in [0.15, 0.2) is 11.5 Å². The molecule has 0 bridgehead atoms. The van der Waals surface area contributed by atoms with Gasteiger partial charge in [0.05, 0.1) is 37.6 Å². The zero-order chi connectivity index (χ0) is 19.9. The van der Waals surface area contributed by atoms with E-state index in [0.29, 0.717) is 29.4 Å². The summed E-state index contributed by atoms with van der Waals surface area (Å²) in [5.74, 6) is 0.928. The molecule has 0 spiro atoms. The fourth-order valence-electron chi connectivity index (χ4n) is 3.08. The number of para-hydroxylation sites is 1. The number of hydrogen-bond donors (Lipinski definition) is 0. The molecule has 0 aliphatic carbocycles. The van der Waals surface area contributed by atoms with Crippen LogP contribution >= 0.6 is 0 Å². The van der Waals surface area contributed by atoms with Gasteiger partial charge in [0, 0.05) is 10.9 Å². The lowest BCUT2D eigenvalue weighted by Crippen LogP contribution is -2.08. The molecule has 0 N–H and O–H groups in total. The predicted molar refractivity (Wildman–Crippen MR) is 110 cm³/mol. The first kappa shape index (κ1) is 19.7. The summed E-state index contributed by atoms with van der Waals surface area (Å²) in [4.78, 5) is 17.5. The summed E-state index contributed by atoms with van der Waals surface area (Å²) in [6, 6.07) is 15.0. The van der Waals surface area contributed by atoms with E-state index in [2.05, 4.69) is 6.92 Å². The molecule has 3 aromatic rings. The Labute approximate surface area is 165 Å². The molecule has 1 heterocycles. The molecular formula is C23H25NO4. The van der Waals surface area contributed by atoms with E-state index in [1.807, 2.05) is 42.5 Å². The SMILES string of the molecule is CCCCCOC(=O)c1cc(-c2ccc(OC)c(OC)c2)nc2ccccc12. The van der Waals surface area contributed by atoms with Crippen LogP contribution in [0.4, 0.5) is 0 Å². The van der Waals surface area contributed by atoms with Crippen molar-refractivity contribution in [3.05, 3.63) is 54.1 Å². The molecular weight excluding hydrogens is 354 g/mol. The molecule has 0 unspecified atom stereocenters. The van der Waals surface area contributed by atoms with Crippen LogP contribution in [-0.4, -0.2) is 31.8 Å². The maximum absolute atomic E-state index is 12.7. The van der Waals surface area contributed by atoms with Crippen LogP contribution in [0.15, 0.2) is 48.5 Å². The van der Waals surface area contributed by atoms with E-state index in [-0.39, 0.29) is 5.97 Å². The van der Waals surface area contributed by atoms with Crippen LogP contribution in [0.1, 0.15) is 36.5 Å². The standard InChI is InChI=1S/C23H25NO4/c1-4-5-8-13-28-23(25)18-15-20(24-19-10-7-6-9-17(18)19)16-11-12-21(26-2)22(14-16)27-3/h6-7,9-12,14-15H,4-5,8,13H2,1-3H3. The Bertz CT molecular complexity index is 968. The van der Waals surface area contributed by atoms with Gasteiger partial charge in [0.2, 0.25) is 0 Å². The summed E-state index contributed by atoms with van der Waals surface area (Å²) in [5.41, 5.74) is 2.78. The van der Waals surface area contributed by atoms with Crippen LogP contribution in [0.3, 0.4) is 0 Å².